The largest absolute Gasteiger partial charge is 0.280 e. The quantitative estimate of drug-likeness (QED) is 0.407. The molecule has 1 atom stereocenters. The number of nitrogens with one attached hydrogen (secondary N) is 1. The van der Waals surface area contributed by atoms with E-state index >= 15 is 0 Å². The second kappa shape index (κ2) is 8.45. The number of nitro groups is 1. The van der Waals surface area contributed by atoms with Crippen LogP contribution in [0.25, 0.3) is 11.1 Å². The first-order valence-corrected chi connectivity index (χ1v) is 10.8. The summed E-state index contributed by atoms with van der Waals surface area (Å²) in [7, 11) is -3.72. The summed E-state index contributed by atoms with van der Waals surface area (Å²) in [5.41, 5.74) is 2.60. The lowest BCUT2D eigenvalue weighted by molar-refractivity contribution is -0.384. The number of para-hydroxylation sites is 1. The number of sulfonamides is 1. The van der Waals surface area contributed by atoms with Gasteiger partial charge in [-0.05, 0) is 53.8 Å². The average molecular weight is 410 g/mol. The summed E-state index contributed by atoms with van der Waals surface area (Å²) in [6.07, 6.45) is 0.982. The summed E-state index contributed by atoms with van der Waals surface area (Å²) in [4.78, 5) is 11.0. The van der Waals surface area contributed by atoms with Gasteiger partial charge in [0.25, 0.3) is 15.7 Å². The molecule has 3 aromatic carbocycles. The zero-order chi connectivity index (χ0) is 21.0. The molecule has 0 spiro atoms. The van der Waals surface area contributed by atoms with Crippen molar-refractivity contribution in [1.29, 1.82) is 0 Å². The summed E-state index contributed by atoms with van der Waals surface area (Å²) >= 11 is 0. The van der Waals surface area contributed by atoms with E-state index in [1.54, 1.807) is 54.6 Å². The normalized spacial score (nSPS) is 12.3. The highest BCUT2D eigenvalue weighted by molar-refractivity contribution is 7.92. The van der Waals surface area contributed by atoms with Gasteiger partial charge in [0.2, 0.25) is 0 Å². The van der Waals surface area contributed by atoms with Crippen molar-refractivity contribution >= 4 is 21.4 Å². The minimum Gasteiger partial charge on any atom is -0.280 e. The maximum Gasteiger partial charge on any atom is 0.277 e. The molecule has 0 aliphatic heterocycles. The number of benzene rings is 3. The van der Waals surface area contributed by atoms with Crippen LogP contribution in [0.2, 0.25) is 0 Å². The molecular weight excluding hydrogens is 388 g/mol. The molecule has 0 saturated carbocycles. The van der Waals surface area contributed by atoms with Crippen LogP contribution in [-0.4, -0.2) is 13.3 Å². The first-order chi connectivity index (χ1) is 13.8. The number of hydrogen-bond acceptors (Lipinski definition) is 4. The molecule has 7 heteroatoms. The topological polar surface area (TPSA) is 89.3 Å². The SMILES string of the molecule is CCC(C)c1ccc(S(=O)(=O)Nc2ccc(-c3ccccc3[N+](=O)[O-])cc2)cc1. The van der Waals surface area contributed by atoms with E-state index in [2.05, 4.69) is 18.6 Å². The van der Waals surface area contributed by atoms with Gasteiger partial charge < -0.3 is 0 Å². The number of rotatable bonds is 7. The molecule has 0 bridgehead atoms. The lowest BCUT2D eigenvalue weighted by Crippen LogP contribution is -2.13. The zero-order valence-corrected chi connectivity index (χ0v) is 17.0. The molecular formula is C22H22N2O4S. The maximum atomic E-state index is 12.7. The molecule has 29 heavy (non-hydrogen) atoms. The zero-order valence-electron chi connectivity index (χ0n) is 16.2. The van der Waals surface area contributed by atoms with Gasteiger partial charge in [-0.15, -0.1) is 0 Å². The highest BCUT2D eigenvalue weighted by atomic mass is 32.2. The van der Waals surface area contributed by atoms with Crippen LogP contribution in [0.1, 0.15) is 31.7 Å². The van der Waals surface area contributed by atoms with Crippen LogP contribution >= 0.6 is 0 Å². The van der Waals surface area contributed by atoms with E-state index in [0.717, 1.165) is 12.0 Å². The number of anilines is 1. The molecule has 3 aromatic rings. The van der Waals surface area contributed by atoms with Gasteiger partial charge in [-0.1, -0.05) is 50.2 Å². The van der Waals surface area contributed by atoms with E-state index in [1.165, 1.54) is 6.07 Å². The van der Waals surface area contributed by atoms with Crippen molar-refractivity contribution in [2.24, 2.45) is 0 Å². The molecule has 1 unspecified atom stereocenters. The fraction of sp³-hybridized carbons (Fsp3) is 0.182. The van der Waals surface area contributed by atoms with Crippen molar-refractivity contribution in [2.45, 2.75) is 31.1 Å². The highest BCUT2D eigenvalue weighted by Crippen LogP contribution is 2.30. The summed E-state index contributed by atoms with van der Waals surface area (Å²) in [6.45, 7) is 4.19. The Morgan fingerprint density at radius 3 is 2.17 bits per heavy atom. The van der Waals surface area contributed by atoms with E-state index in [-0.39, 0.29) is 10.6 Å². The molecule has 150 valence electrons. The van der Waals surface area contributed by atoms with Gasteiger partial charge in [0.05, 0.1) is 15.4 Å². The summed E-state index contributed by atoms with van der Waals surface area (Å²) < 4.78 is 27.9. The lowest BCUT2D eigenvalue weighted by Gasteiger charge is -2.12. The first kappa shape index (κ1) is 20.5. The van der Waals surface area contributed by atoms with E-state index in [0.29, 0.717) is 22.7 Å². The van der Waals surface area contributed by atoms with Gasteiger partial charge in [0.1, 0.15) is 0 Å². The summed E-state index contributed by atoms with van der Waals surface area (Å²) in [6, 6.07) is 19.8. The van der Waals surface area contributed by atoms with Gasteiger partial charge >= 0.3 is 0 Å². The Balaban J connectivity index is 1.81. The molecule has 0 amide bonds. The molecule has 0 saturated heterocycles. The predicted molar refractivity (Wildman–Crippen MR) is 114 cm³/mol. The number of nitro benzene ring substituents is 1. The molecule has 3 rings (SSSR count). The van der Waals surface area contributed by atoms with Crippen LogP contribution in [0.3, 0.4) is 0 Å². The van der Waals surface area contributed by atoms with Crippen LogP contribution < -0.4 is 4.72 Å². The Morgan fingerprint density at radius 1 is 0.966 bits per heavy atom. The Morgan fingerprint density at radius 2 is 1.59 bits per heavy atom. The number of hydrogen-bond donors (Lipinski definition) is 1. The second-order valence-electron chi connectivity index (χ2n) is 6.84. The molecule has 1 N–H and O–H groups in total. The van der Waals surface area contributed by atoms with E-state index in [4.69, 9.17) is 0 Å². The Kier molecular flexibility index (Phi) is 5.98. The predicted octanol–water partition coefficient (Wildman–Crippen LogP) is 5.58. The lowest BCUT2D eigenvalue weighted by atomic mass is 9.99. The Bertz CT molecular complexity index is 1110. The van der Waals surface area contributed by atoms with Crippen molar-refractivity contribution in [2.75, 3.05) is 4.72 Å². The van der Waals surface area contributed by atoms with Gasteiger partial charge in [-0.3, -0.25) is 14.8 Å². The standard InChI is InChI=1S/C22H22N2O4S/c1-3-16(2)17-10-14-20(15-11-17)29(27,28)23-19-12-8-18(9-13-19)21-6-4-5-7-22(21)24(25)26/h4-16,23H,3H2,1-2H3. The van der Waals surface area contributed by atoms with Crippen molar-refractivity contribution in [3.8, 4) is 11.1 Å². The monoisotopic (exact) mass is 410 g/mol. The van der Waals surface area contributed by atoms with E-state index < -0.39 is 14.9 Å². The molecule has 0 radical (unpaired) electrons. The fourth-order valence-electron chi connectivity index (χ4n) is 3.02. The van der Waals surface area contributed by atoms with E-state index in [9.17, 15) is 18.5 Å². The minimum atomic E-state index is -3.72. The van der Waals surface area contributed by atoms with Gasteiger partial charge in [0, 0.05) is 11.8 Å². The molecule has 0 heterocycles. The fourth-order valence-corrected chi connectivity index (χ4v) is 4.08. The maximum absolute atomic E-state index is 12.7. The second-order valence-corrected chi connectivity index (χ2v) is 8.52. The third-order valence-electron chi connectivity index (χ3n) is 4.92. The summed E-state index contributed by atoms with van der Waals surface area (Å²) in [5, 5.41) is 11.2. The smallest absolute Gasteiger partial charge is 0.277 e. The molecule has 6 nitrogen and oxygen atoms in total. The van der Waals surface area contributed by atoms with Gasteiger partial charge in [0.15, 0.2) is 0 Å². The first-order valence-electron chi connectivity index (χ1n) is 9.28. The molecule has 0 aromatic heterocycles. The average Bonchev–Trinajstić information content (AvgIpc) is 2.73. The van der Waals surface area contributed by atoms with Crippen LogP contribution in [0.4, 0.5) is 11.4 Å². The number of nitrogens with zero attached hydrogens (tertiary/aromatic N) is 1. The molecule has 0 aliphatic carbocycles. The molecule has 0 aliphatic rings. The minimum absolute atomic E-state index is 0.00206. The van der Waals surface area contributed by atoms with Crippen LogP contribution in [-0.2, 0) is 10.0 Å². The van der Waals surface area contributed by atoms with Crippen LogP contribution in [0.5, 0.6) is 0 Å². The Labute approximate surface area is 170 Å². The highest BCUT2D eigenvalue weighted by Gasteiger charge is 2.17. The van der Waals surface area contributed by atoms with Crippen molar-refractivity contribution in [1.82, 2.24) is 0 Å². The van der Waals surface area contributed by atoms with Crippen LogP contribution in [0.15, 0.2) is 77.7 Å². The van der Waals surface area contributed by atoms with Crippen LogP contribution in [0, 0.1) is 10.1 Å². The van der Waals surface area contributed by atoms with E-state index in [1.807, 2.05) is 12.1 Å². The van der Waals surface area contributed by atoms with Crippen molar-refractivity contribution in [3.05, 3.63) is 88.5 Å². The molecule has 0 fully saturated rings. The van der Waals surface area contributed by atoms with Gasteiger partial charge in [-0.25, -0.2) is 8.42 Å². The Hall–Kier alpha value is -3.19. The third-order valence-corrected chi connectivity index (χ3v) is 6.32. The van der Waals surface area contributed by atoms with Crippen molar-refractivity contribution in [3.63, 3.8) is 0 Å². The summed E-state index contributed by atoms with van der Waals surface area (Å²) in [5.74, 6) is 0.370. The van der Waals surface area contributed by atoms with Crippen molar-refractivity contribution < 1.29 is 13.3 Å². The third kappa shape index (κ3) is 4.63. The van der Waals surface area contributed by atoms with Gasteiger partial charge in [-0.2, -0.15) is 0 Å².